The van der Waals surface area contributed by atoms with E-state index >= 15 is 0 Å². The van der Waals surface area contributed by atoms with E-state index in [0.29, 0.717) is 12.8 Å². The summed E-state index contributed by atoms with van der Waals surface area (Å²) in [5.74, 6) is -0.382. The number of aryl methyl sites for hydroxylation is 2. The van der Waals surface area contributed by atoms with Gasteiger partial charge in [-0.1, -0.05) is 13.8 Å². The van der Waals surface area contributed by atoms with Crippen LogP contribution in [0.15, 0.2) is 53.9 Å². The van der Waals surface area contributed by atoms with Gasteiger partial charge in [-0.05, 0) is 157 Å². The smallest absolute Gasteiger partial charge is 0.373 e. The van der Waals surface area contributed by atoms with E-state index in [9.17, 15) is 9.59 Å². The first-order valence-corrected chi connectivity index (χ1v) is 23.4. The summed E-state index contributed by atoms with van der Waals surface area (Å²) in [5.41, 5.74) is 4.93. The first-order chi connectivity index (χ1) is 25.5. The van der Waals surface area contributed by atoms with E-state index in [4.69, 9.17) is 28.7 Å². The number of ether oxygens (including phenoxy) is 2. The molecule has 17 heteroatoms. The summed E-state index contributed by atoms with van der Waals surface area (Å²) in [6, 6.07) is 17.4. The van der Waals surface area contributed by atoms with Crippen LogP contribution in [0, 0.1) is 8.65 Å². The molecule has 0 saturated heterocycles. The Kier molecular flexibility index (Phi) is 19.9. The van der Waals surface area contributed by atoms with Crippen LogP contribution in [0.2, 0.25) is 0 Å². The summed E-state index contributed by atoms with van der Waals surface area (Å²) in [6.45, 7) is 4.39. The Bertz CT molecular complexity index is 2180. The highest BCUT2D eigenvalue weighted by molar-refractivity contribution is 14.1. The van der Waals surface area contributed by atoms with Crippen molar-refractivity contribution in [1.29, 1.82) is 0 Å². The van der Waals surface area contributed by atoms with Gasteiger partial charge in [-0.15, -0.1) is 68.0 Å². The Morgan fingerprint density at radius 1 is 0.547 bits per heavy atom. The van der Waals surface area contributed by atoms with Gasteiger partial charge in [-0.2, -0.15) is 19.2 Å². The number of thiophene rings is 6. The number of carbonyl (C=O) groups is 2. The average molecular weight is 1160 g/mol. The molecule has 6 rings (SSSR count). The molecule has 0 bridgehead atoms. The quantitative estimate of drug-likeness (QED) is 0.0982. The third-order valence-electron chi connectivity index (χ3n) is 7.08. The summed E-state index contributed by atoms with van der Waals surface area (Å²) in [4.78, 5) is 66.0. The predicted molar refractivity (Wildman–Crippen MR) is 240 cm³/mol. The zero-order valence-electron chi connectivity index (χ0n) is 28.4. The molecule has 0 N–H and O–H groups in total. The molecule has 0 aliphatic rings. The molecule has 6 heterocycles. The molecule has 0 aliphatic heterocycles. The van der Waals surface area contributed by atoms with Gasteiger partial charge in [0.15, 0.2) is 0 Å². The summed E-state index contributed by atoms with van der Waals surface area (Å²) in [6.07, 6.45) is 3.26. The minimum atomic E-state index is -0.191. The number of hydrogen-bond donors (Lipinski definition) is 0. The highest BCUT2D eigenvalue weighted by Gasteiger charge is 2.19. The zero-order valence-corrected chi connectivity index (χ0v) is 39.7. The minimum Gasteiger partial charge on any atom is -0.469 e. The Labute approximate surface area is 371 Å². The second-order valence-electron chi connectivity index (χ2n) is 10.2. The van der Waals surface area contributed by atoms with Crippen LogP contribution < -0.4 is 0 Å². The van der Waals surface area contributed by atoms with Crippen molar-refractivity contribution in [3.63, 3.8) is 0 Å². The van der Waals surface area contributed by atoms with Crippen LogP contribution in [-0.2, 0) is 63.9 Å². The van der Waals surface area contributed by atoms with Gasteiger partial charge in [0.1, 0.15) is 0 Å². The fourth-order valence-corrected chi connectivity index (χ4v) is 14.3. The van der Waals surface area contributed by atoms with Crippen LogP contribution in [0.1, 0.15) is 36.1 Å². The molecule has 0 radical (unpaired) electrons. The lowest BCUT2D eigenvalue weighted by molar-refractivity contribution is -0.193. The van der Waals surface area contributed by atoms with Crippen LogP contribution in [-0.4, -0.2) is 38.5 Å². The maximum absolute atomic E-state index is 11.7. The van der Waals surface area contributed by atoms with Gasteiger partial charge in [0.2, 0.25) is 0 Å². The van der Waals surface area contributed by atoms with E-state index in [1.54, 1.807) is 56.7 Å². The summed E-state index contributed by atoms with van der Waals surface area (Å²) in [5, 5.41) is 2.16. The van der Waals surface area contributed by atoms with Crippen molar-refractivity contribution in [2.75, 3.05) is 14.2 Å². The molecular weight excluding hydrogens is 1130 g/mol. The van der Waals surface area contributed by atoms with Crippen molar-refractivity contribution in [2.24, 2.45) is 0 Å². The maximum Gasteiger partial charge on any atom is 0.373 e. The molecule has 8 nitrogen and oxygen atoms in total. The minimum absolute atomic E-state index is 0.191. The first kappa shape index (κ1) is 45.5. The molecule has 0 amide bonds. The first-order valence-electron chi connectivity index (χ1n) is 15.2. The number of hydrogen-bond acceptors (Lipinski definition) is 14. The number of halogens is 3. The van der Waals surface area contributed by atoms with Crippen molar-refractivity contribution in [2.45, 2.75) is 39.5 Å². The van der Waals surface area contributed by atoms with Crippen LogP contribution in [0.25, 0.3) is 39.0 Å². The molecule has 0 spiro atoms. The van der Waals surface area contributed by atoms with Crippen molar-refractivity contribution in [3.8, 4) is 39.0 Å². The predicted octanol–water partition coefficient (Wildman–Crippen LogP) is 11.6. The van der Waals surface area contributed by atoms with Crippen LogP contribution >= 0.6 is 136 Å². The third-order valence-corrected chi connectivity index (χ3v) is 16.7. The Hall–Kier alpha value is -1.91. The van der Waals surface area contributed by atoms with Crippen LogP contribution in [0.3, 0.4) is 0 Å². The molecule has 0 unspecified atom stereocenters. The number of rotatable bonds is 10. The van der Waals surface area contributed by atoms with Gasteiger partial charge >= 0.3 is 24.2 Å². The third kappa shape index (κ3) is 13.1. The number of esters is 2. The summed E-state index contributed by atoms with van der Waals surface area (Å²) in [7, 11) is 2.87. The molecule has 53 heavy (non-hydrogen) atoms. The van der Waals surface area contributed by atoms with Gasteiger partial charge in [0.25, 0.3) is 0 Å². The van der Waals surface area contributed by atoms with E-state index in [1.807, 2.05) is 11.3 Å². The van der Waals surface area contributed by atoms with Crippen molar-refractivity contribution < 1.29 is 38.2 Å². The maximum atomic E-state index is 11.7. The zero-order chi connectivity index (χ0) is 39.1. The molecule has 0 aliphatic carbocycles. The van der Waals surface area contributed by atoms with Gasteiger partial charge in [0.05, 0.1) is 35.7 Å². The van der Waals surface area contributed by atoms with Crippen molar-refractivity contribution in [1.82, 2.24) is 0 Å². The van der Waals surface area contributed by atoms with E-state index < -0.39 is 0 Å². The highest BCUT2D eigenvalue weighted by atomic mass is 127. The summed E-state index contributed by atoms with van der Waals surface area (Å²) < 4.78 is 13.4. The standard InChI is InChI=1S/C17H14I2O2S3.C17H15IO2S3.2CO2/c1-3-9-6-13(18)23-16(9)11-4-5-12(22-11)17-10(7-14(19)24-17)8-15(20)21-2;1-3-10-6-7-21-16(10)12-4-5-13(22-12)17-11(8-14(18)23-17)9-15(19)20-2;2*2-1-3/h4-7H,3,8H2,1-2H3;4-8H,3,9H2,1-2H3;;. The van der Waals surface area contributed by atoms with Gasteiger partial charge < -0.3 is 9.47 Å². The van der Waals surface area contributed by atoms with Crippen LogP contribution in [0.5, 0.6) is 0 Å². The number of methoxy groups -OCH3 is 2. The highest BCUT2D eigenvalue weighted by Crippen LogP contribution is 2.45. The monoisotopic (exact) mass is 1160 g/mol. The lowest BCUT2D eigenvalue weighted by Gasteiger charge is -2.01. The average Bonchev–Trinajstić information content (AvgIpc) is 3.98. The topological polar surface area (TPSA) is 121 Å². The lowest BCUT2D eigenvalue weighted by atomic mass is 10.1. The molecule has 0 saturated carbocycles. The summed E-state index contributed by atoms with van der Waals surface area (Å²) >= 11 is 17.7. The van der Waals surface area contributed by atoms with Crippen molar-refractivity contribution >= 4 is 160 Å². The molecule has 278 valence electrons. The Balaban J connectivity index is 0.000000249. The second kappa shape index (κ2) is 23.2. The van der Waals surface area contributed by atoms with Gasteiger partial charge in [-0.3, -0.25) is 9.59 Å². The normalized spacial score (nSPS) is 10.0. The molecular formula is C36H29I3O8S6. The fraction of sp³-hybridized carbons (Fsp3) is 0.222. The van der Waals surface area contributed by atoms with E-state index in [1.165, 1.54) is 73.0 Å². The Morgan fingerprint density at radius 3 is 1.25 bits per heavy atom. The van der Waals surface area contributed by atoms with E-state index in [2.05, 4.69) is 136 Å². The van der Waals surface area contributed by atoms with Crippen molar-refractivity contribution in [3.05, 3.63) is 84.8 Å². The fourth-order valence-electron chi connectivity index (χ4n) is 4.79. The number of carbonyl (C=O) groups excluding carboxylic acids is 6. The largest absolute Gasteiger partial charge is 0.469 e. The molecule has 6 aromatic rings. The van der Waals surface area contributed by atoms with Gasteiger partial charge in [0, 0.05) is 39.0 Å². The lowest BCUT2D eigenvalue weighted by Crippen LogP contribution is -2.04. The van der Waals surface area contributed by atoms with E-state index in [0.717, 1.165) is 24.0 Å². The molecule has 0 aromatic carbocycles. The SMILES string of the molecule is CCc1cc(I)sc1-c1ccc(-c2sc(I)cc2CC(=O)OC)s1.CCc1ccsc1-c1ccc(-c2sc(I)cc2CC(=O)OC)s1.O=C=O.O=C=O. The molecule has 0 atom stereocenters. The molecule has 6 aromatic heterocycles. The van der Waals surface area contributed by atoms with E-state index in [-0.39, 0.29) is 24.2 Å². The van der Waals surface area contributed by atoms with Crippen LogP contribution in [0.4, 0.5) is 0 Å². The van der Waals surface area contributed by atoms with Gasteiger partial charge in [-0.25, -0.2) is 0 Å². The second-order valence-corrected chi connectivity index (χ2v) is 22.1. The molecule has 0 fully saturated rings. The Morgan fingerprint density at radius 2 is 0.887 bits per heavy atom.